The number of thiophene rings is 1. The van der Waals surface area contributed by atoms with Crippen LogP contribution in [0.3, 0.4) is 0 Å². The van der Waals surface area contributed by atoms with Crippen LogP contribution in [-0.4, -0.2) is 22.9 Å². The highest BCUT2D eigenvalue weighted by Crippen LogP contribution is 2.24. The first-order valence-electron chi connectivity index (χ1n) is 4.22. The Balaban J connectivity index is 2.03. The zero-order valence-electron chi connectivity index (χ0n) is 7.78. The van der Waals surface area contributed by atoms with Gasteiger partial charge >= 0.3 is 12.2 Å². The molecule has 0 aliphatic rings. The minimum absolute atomic E-state index is 0.208. The summed E-state index contributed by atoms with van der Waals surface area (Å²) in [7, 11) is 0. The summed E-state index contributed by atoms with van der Waals surface area (Å²) in [6, 6.07) is 3.29. The van der Waals surface area contributed by atoms with Gasteiger partial charge in [-0.15, -0.1) is 16.4 Å². The average Bonchev–Trinajstić information content (AvgIpc) is 2.84. The fourth-order valence-electron chi connectivity index (χ4n) is 0.970. The topological polar surface area (TPSA) is 51.0 Å². The molecule has 2 aromatic rings. The molecule has 0 spiro atoms. The molecule has 0 aromatic carbocycles. The van der Waals surface area contributed by atoms with Crippen molar-refractivity contribution in [1.82, 2.24) is 10.2 Å². The van der Waals surface area contributed by atoms with Crippen molar-refractivity contribution in [2.24, 2.45) is 0 Å². The molecule has 2 aromatic heterocycles. The lowest BCUT2D eigenvalue weighted by Gasteiger charge is -2.04. The van der Waals surface area contributed by atoms with Crippen LogP contribution in [-0.2, 0) is 0 Å². The number of nitrogens with one attached hydrogen (secondary N) is 1. The first-order chi connectivity index (χ1) is 7.54. The summed E-state index contributed by atoms with van der Waals surface area (Å²) >= 11 is 1.37. The molecule has 86 valence electrons. The molecular formula is C8H6F3N3OS. The van der Waals surface area contributed by atoms with Crippen molar-refractivity contribution in [2.45, 2.75) is 6.18 Å². The number of aromatic nitrogens is 2. The molecule has 2 rings (SSSR count). The van der Waals surface area contributed by atoms with Gasteiger partial charge in [0.2, 0.25) is 0 Å². The monoisotopic (exact) mass is 249 g/mol. The third kappa shape index (κ3) is 2.72. The molecule has 0 fully saturated rings. The quantitative estimate of drug-likeness (QED) is 0.908. The van der Waals surface area contributed by atoms with Crippen molar-refractivity contribution in [2.75, 3.05) is 11.9 Å². The van der Waals surface area contributed by atoms with Crippen LogP contribution in [0.4, 0.5) is 19.2 Å². The number of halogens is 3. The summed E-state index contributed by atoms with van der Waals surface area (Å²) in [6.45, 7) is -1.20. The van der Waals surface area contributed by atoms with E-state index in [2.05, 4.69) is 10.2 Å². The Morgan fingerprint density at radius 3 is 2.81 bits per heavy atom. The summed E-state index contributed by atoms with van der Waals surface area (Å²) in [5, 5.41) is 10.9. The van der Waals surface area contributed by atoms with E-state index in [0.717, 1.165) is 0 Å². The van der Waals surface area contributed by atoms with Gasteiger partial charge in [0.15, 0.2) is 0 Å². The van der Waals surface area contributed by atoms with E-state index in [0.29, 0.717) is 4.88 Å². The molecule has 0 aliphatic heterocycles. The molecule has 4 nitrogen and oxygen atoms in total. The van der Waals surface area contributed by atoms with E-state index in [1.807, 2.05) is 10.7 Å². The Morgan fingerprint density at radius 2 is 2.19 bits per heavy atom. The van der Waals surface area contributed by atoms with E-state index >= 15 is 0 Å². The predicted molar refractivity (Wildman–Crippen MR) is 52.2 cm³/mol. The highest BCUT2D eigenvalue weighted by molar-refractivity contribution is 7.13. The molecule has 16 heavy (non-hydrogen) atoms. The summed E-state index contributed by atoms with van der Waals surface area (Å²) in [6.07, 6.45) is -4.31. The third-order valence-corrected chi connectivity index (χ3v) is 2.45. The number of anilines is 1. The van der Waals surface area contributed by atoms with Gasteiger partial charge in [0.05, 0.1) is 4.88 Å². The van der Waals surface area contributed by atoms with Gasteiger partial charge in [-0.1, -0.05) is 11.2 Å². The molecular weight excluding hydrogens is 243 g/mol. The van der Waals surface area contributed by atoms with Crippen molar-refractivity contribution in [3.8, 4) is 10.8 Å². The third-order valence-electron chi connectivity index (χ3n) is 1.60. The van der Waals surface area contributed by atoms with E-state index in [1.165, 1.54) is 11.3 Å². The van der Waals surface area contributed by atoms with E-state index in [4.69, 9.17) is 4.42 Å². The van der Waals surface area contributed by atoms with E-state index in [1.54, 1.807) is 12.1 Å². The van der Waals surface area contributed by atoms with E-state index in [-0.39, 0.29) is 11.9 Å². The highest BCUT2D eigenvalue weighted by atomic mass is 32.1. The van der Waals surface area contributed by atoms with Crippen LogP contribution >= 0.6 is 11.3 Å². The number of alkyl halides is 3. The van der Waals surface area contributed by atoms with Gasteiger partial charge in [0, 0.05) is 0 Å². The maximum absolute atomic E-state index is 11.9. The van der Waals surface area contributed by atoms with Crippen molar-refractivity contribution < 1.29 is 17.6 Å². The molecule has 0 unspecified atom stereocenters. The standard InChI is InChI=1S/C8H6F3N3OS/c9-8(10,11)4-12-7-14-13-6(15-7)5-2-1-3-16-5/h1-3H,4H2,(H,12,14). The van der Waals surface area contributed by atoms with Crippen LogP contribution < -0.4 is 5.32 Å². The van der Waals surface area contributed by atoms with Crippen LogP contribution in [0, 0.1) is 0 Å². The number of rotatable bonds is 3. The molecule has 2 heterocycles. The van der Waals surface area contributed by atoms with Gasteiger partial charge < -0.3 is 9.73 Å². The minimum Gasteiger partial charge on any atom is -0.403 e. The zero-order valence-corrected chi connectivity index (χ0v) is 8.60. The fourth-order valence-corrected chi connectivity index (χ4v) is 1.61. The smallest absolute Gasteiger partial charge is 0.403 e. The number of nitrogens with zero attached hydrogens (tertiary/aromatic N) is 2. The van der Waals surface area contributed by atoms with Gasteiger partial charge in [-0.3, -0.25) is 0 Å². The first kappa shape index (κ1) is 10.9. The van der Waals surface area contributed by atoms with Crippen LogP contribution in [0.5, 0.6) is 0 Å². The van der Waals surface area contributed by atoms with Crippen molar-refractivity contribution in [3.63, 3.8) is 0 Å². The van der Waals surface area contributed by atoms with Gasteiger partial charge in [-0.05, 0) is 11.4 Å². The van der Waals surface area contributed by atoms with Crippen molar-refractivity contribution >= 4 is 17.4 Å². The molecule has 0 saturated heterocycles. The van der Waals surface area contributed by atoms with Crippen molar-refractivity contribution in [3.05, 3.63) is 17.5 Å². The Bertz CT molecular complexity index is 451. The summed E-state index contributed by atoms with van der Waals surface area (Å²) < 4.78 is 40.6. The maximum atomic E-state index is 11.9. The Labute approximate surface area is 92.1 Å². The van der Waals surface area contributed by atoms with Gasteiger partial charge in [-0.25, -0.2) is 0 Å². The van der Waals surface area contributed by atoms with Gasteiger partial charge in [-0.2, -0.15) is 13.2 Å². The lowest BCUT2D eigenvalue weighted by molar-refractivity contribution is -0.115. The maximum Gasteiger partial charge on any atom is 0.405 e. The predicted octanol–water partition coefficient (Wildman–Crippen LogP) is 2.77. The molecule has 1 N–H and O–H groups in total. The van der Waals surface area contributed by atoms with Crippen LogP contribution in [0.25, 0.3) is 10.8 Å². The normalized spacial score (nSPS) is 11.7. The van der Waals surface area contributed by atoms with Gasteiger partial charge in [0.25, 0.3) is 5.89 Å². The van der Waals surface area contributed by atoms with Crippen molar-refractivity contribution in [1.29, 1.82) is 0 Å². The number of hydrogen-bond acceptors (Lipinski definition) is 5. The Hall–Kier alpha value is -1.57. The summed E-state index contributed by atoms with van der Waals surface area (Å²) in [5.41, 5.74) is 0. The minimum atomic E-state index is -4.31. The number of hydrogen-bond donors (Lipinski definition) is 1. The molecule has 0 atom stereocenters. The molecule has 0 amide bonds. The lowest BCUT2D eigenvalue weighted by atomic mass is 10.5. The summed E-state index contributed by atoms with van der Waals surface area (Å²) in [5.74, 6) is 0.208. The zero-order chi connectivity index (χ0) is 11.6. The van der Waals surface area contributed by atoms with Crippen LogP contribution in [0.2, 0.25) is 0 Å². The molecule has 0 aliphatic carbocycles. The van der Waals surface area contributed by atoms with Crippen LogP contribution in [0.1, 0.15) is 0 Å². The molecule has 0 bridgehead atoms. The van der Waals surface area contributed by atoms with E-state index < -0.39 is 12.7 Å². The molecule has 0 saturated carbocycles. The largest absolute Gasteiger partial charge is 0.405 e. The lowest BCUT2D eigenvalue weighted by Crippen LogP contribution is -2.21. The fraction of sp³-hybridized carbons (Fsp3) is 0.250. The SMILES string of the molecule is FC(F)(F)CNc1nnc(-c2cccs2)o1. The second kappa shape index (κ2) is 4.12. The summed E-state index contributed by atoms with van der Waals surface area (Å²) in [4.78, 5) is 0.715. The molecule has 8 heteroatoms. The van der Waals surface area contributed by atoms with Gasteiger partial charge in [0.1, 0.15) is 6.54 Å². The van der Waals surface area contributed by atoms with Crippen LogP contribution in [0.15, 0.2) is 21.9 Å². The van der Waals surface area contributed by atoms with E-state index in [9.17, 15) is 13.2 Å². The molecule has 0 radical (unpaired) electrons. The highest BCUT2D eigenvalue weighted by Gasteiger charge is 2.27. The average molecular weight is 249 g/mol. The first-order valence-corrected chi connectivity index (χ1v) is 5.10. The second-order valence-electron chi connectivity index (χ2n) is 2.86. The Kier molecular flexibility index (Phi) is 2.82. The Morgan fingerprint density at radius 1 is 1.38 bits per heavy atom. The second-order valence-corrected chi connectivity index (χ2v) is 3.81.